The first-order valence-electron chi connectivity index (χ1n) is 2.70. The van der Waals surface area contributed by atoms with Crippen LogP contribution in [0.15, 0.2) is 10.5 Å². The van der Waals surface area contributed by atoms with Crippen LogP contribution in [0.25, 0.3) is 0 Å². The molecule has 5 heteroatoms. The molecular formula is C5H8Cl3OP. The van der Waals surface area contributed by atoms with Gasteiger partial charge < -0.3 is 4.74 Å². The molecule has 0 aliphatic heterocycles. The number of halogens is 3. The molecule has 0 saturated carbocycles. The molecule has 0 N–H and O–H groups in total. The Labute approximate surface area is 76.6 Å². The van der Waals surface area contributed by atoms with Crippen molar-refractivity contribution < 1.29 is 4.74 Å². The summed E-state index contributed by atoms with van der Waals surface area (Å²) in [6, 6.07) is 0. The molecule has 0 unspecified atom stereocenters. The van der Waals surface area contributed by atoms with E-state index in [4.69, 9.17) is 38.8 Å². The van der Waals surface area contributed by atoms with Crippen LogP contribution in [-0.4, -0.2) is 6.61 Å². The standard InChI is InChI=1S/C5H8Cl3OP/c1-3-9-5(6)4(2)10(7)8/h3H2,1-2H3/b5-4+. The van der Waals surface area contributed by atoms with Crippen molar-refractivity contribution in [3.63, 3.8) is 0 Å². The van der Waals surface area contributed by atoms with Crippen molar-refractivity contribution in [1.82, 2.24) is 0 Å². The van der Waals surface area contributed by atoms with Crippen molar-refractivity contribution in [2.75, 3.05) is 6.61 Å². The van der Waals surface area contributed by atoms with Crippen molar-refractivity contribution in [1.29, 1.82) is 0 Å². The van der Waals surface area contributed by atoms with E-state index < -0.39 is 6.63 Å². The molecule has 0 atom stereocenters. The predicted molar refractivity (Wildman–Crippen MR) is 48.8 cm³/mol. The molecule has 0 rings (SSSR count). The minimum Gasteiger partial charge on any atom is -0.483 e. The Bertz CT molecular complexity index is 135. The van der Waals surface area contributed by atoms with Crippen LogP contribution >= 0.6 is 40.7 Å². The van der Waals surface area contributed by atoms with Gasteiger partial charge in [-0.25, -0.2) is 0 Å². The fourth-order valence-corrected chi connectivity index (χ4v) is 1.58. The van der Waals surface area contributed by atoms with Crippen molar-refractivity contribution in [2.24, 2.45) is 0 Å². The minimum absolute atomic E-state index is 0.318. The highest BCUT2D eigenvalue weighted by Crippen LogP contribution is 2.55. The third-order valence-electron chi connectivity index (χ3n) is 0.809. The normalized spacial score (nSPS) is 13.4. The van der Waals surface area contributed by atoms with Crippen LogP contribution in [0.2, 0.25) is 0 Å². The van der Waals surface area contributed by atoms with Gasteiger partial charge in [-0.15, -0.1) is 0 Å². The van der Waals surface area contributed by atoms with Gasteiger partial charge in [0.05, 0.1) is 6.61 Å². The lowest BCUT2D eigenvalue weighted by Crippen LogP contribution is -1.85. The molecule has 1 nitrogen and oxygen atoms in total. The van der Waals surface area contributed by atoms with Gasteiger partial charge >= 0.3 is 0 Å². The van der Waals surface area contributed by atoms with Crippen LogP contribution in [0, 0.1) is 0 Å². The summed E-state index contributed by atoms with van der Waals surface area (Å²) in [5.41, 5.74) is 0. The highest BCUT2D eigenvalue weighted by molar-refractivity contribution is 8.06. The van der Waals surface area contributed by atoms with Gasteiger partial charge in [-0.1, -0.05) is 22.5 Å². The fraction of sp³-hybridized carbons (Fsp3) is 0.600. The van der Waals surface area contributed by atoms with E-state index in [1.807, 2.05) is 6.92 Å². The molecule has 0 aromatic heterocycles. The second-order valence-corrected chi connectivity index (χ2v) is 5.55. The molecule has 0 heterocycles. The molecule has 0 aromatic carbocycles. The van der Waals surface area contributed by atoms with E-state index in [1.165, 1.54) is 0 Å². The summed E-state index contributed by atoms with van der Waals surface area (Å²) in [7, 11) is 0. The summed E-state index contributed by atoms with van der Waals surface area (Å²) in [6.45, 7) is 2.99. The Morgan fingerprint density at radius 3 is 2.30 bits per heavy atom. The van der Waals surface area contributed by atoms with Gasteiger partial charge in [-0.2, -0.15) is 0 Å². The quantitative estimate of drug-likeness (QED) is 0.511. The van der Waals surface area contributed by atoms with Gasteiger partial charge in [-0.3, -0.25) is 0 Å². The largest absolute Gasteiger partial charge is 0.483 e. The molecule has 0 amide bonds. The Hall–Kier alpha value is 0.840. The monoisotopic (exact) mass is 220 g/mol. The van der Waals surface area contributed by atoms with Crippen molar-refractivity contribution in [3.05, 3.63) is 10.5 Å². The van der Waals surface area contributed by atoms with Crippen LogP contribution in [0.5, 0.6) is 0 Å². The summed E-state index contributed by atoms with van der Waals surface area (Å²) in [5, 5.41) is 1.03. The second kappa shape index (κ2) is 5.49. The zero-order valence-corrected chi connectivity index (χ0v) is 8.86. The topological polar surface area (TPSA) is 9.23 Å². The Morgan fingerprint density at radius 2 is 2.00 bits per heavy atom. The van der Waals surface area contributed by atoms with Gasteiger partial charge in [0.1, 0.15) is 6.63 Å². The van der Waals surface area contributed by atoms with Crippen LogP contribution in [0.3, 0.4) is 0 Å². The van der Waals surface area contributed by atoms with Gasteiger partial charge in [-0.05, 0) is 25.4 Å². The van der Waals surface area contributed by atoms with Crippen LogP contribution in [0.4, 0.5) is 0 Å². The third-order valence-corrected chi connectivity index (χ3v) is 3.56. The predicted octanol–water partition coefficient (Wildman–Crippen LogP) is 4.24. The van der Waals surface area contributed by atoms with Crippen molar-refractivity contribution >= 4 is 40.7 Å². The van der Waals surface area contributed by atoms with E-state index in [0.717, 1.165) is 0 Å². The average molecular weight is 221 g/mol. The van der Waals surface area contributed by atoms with E-state index in [0.29, 0.717) is 17.1 Å². The number of allylic oxidation sites excluding steroid dienone is 1. The van der Waals surface area contributed by atoms with E-state index in [1.54, 1.807) is 6.92 Å². The highest BCUT2D eigenvalue weighted by Gasteiger charge is 2.07. The zero-order chi connectivity index (χ0) is 8.15. The summed E-state index contributed by atoms with van der Waals surface area (Å²) in [5.74, 6) is 0. The average Bonchev–Trinajstić information content (AvgIpc) is 1.87. The molecule has 0 saturated heterocycles. The molecular weight excluding hydrogens is 213 g/mol. The summed E-state index contributed by atoms with van der Waals surface area (Å²) in [6.07, 6.45) is 0. The van der Waals surface area contributed by atoms with Gasteiger partial charge in [0, 0.05) is 5.31 Å². The van der Waals surface area contributed by atoms with E-state index in [2.05, 4.69) is 0 Å². The van der Waals surface area contributed by atoms with E-state index >= 15 is 0 Å². The molecule has 0 spiro atoms. The Morgan fingerprint density at radius 1 is 1.50 bits per heavy atom. The fourth-order valence-electron chi connectivity index (χ4n) is 0.298. The minimum atomic E-state index is -1.15. The maximum atomic E-state index is 5.63. The van der Waals surface area contributed by atoms with Gasteiger partial charge in [0.2, 0.25) is 0 Å². The van der Waals surface area contributed by atoms with Crippen LogP contribution < -0.4 is 0 Å². The maximum absolute atomic E-state index is 5.63. The molecule has 0 radical (unpaired) electrons. The highest BCUT2D eigenvalue weighted by atomic mass is 35.9. The lowest BCUT2D eigenvalue weighted by molar-refractivity contribution is 0.253. The Balaban J connectivity index is 4.05. The van der Waals surface area contributed by atoms with Crippen LogP contribution in [-0.2, 0) is 4.74 Å². The van der Waals surface area contributed by atoms with Crippen LogP contribution in [0.1, 0.15) is 13.8 Å². The number of hydrogen-bond acceptors (Lipinski definition) is 1. The molecule has 0 bridgehead atoms. The molecule has 60 valence electrons. The number of hydrogen-bond donors (Lipinski definition) is 0. The number of rotatable bonds is 3. The second-order valence-electron chi connectivity index (χ2n) is 1.53. The summed E-state index contributed by atoms with van der Waals surface area (Å²) >= 11 is 16.8. The van der Waals surface area contributed by atoms with Crippen molar-refractivity contribution in [2.45, 2.75) is 13.8 Å². The molecule has 0 aliphatic carbocycles. The SMILES string of the molecule is CCO/C(Cl)=C(\C)P(Cl)Cl. The van der Waals surface area contributed by atoms with E-state index in [-0.39, 0.29) is 0 Å². The maximum Gasteiger partial charge on any atom is 0.192 e. The lowest BCUT2D eigenvalue weighted by Gasteiger charge is -2.05. The first-order chi connectivity index (χ1) is 4.59. The molecule has 0 aliphatic rings. The zero-order valence-electron chi connectivity index (χ0n) is 5.70. The summed E-state index contributed by atoms with van der Waals surface area (Å²) < 4.78 is 4.96. The molecule has 0 fully saturated rings. The number of ether oxygens (including phenoxy) is 1. The Kier molecular flexibility index (Phi) is 5.95. The lowest BCUT2D eigenvalue weighted by atomic mass is 10.7. The molecule has 0 aromatic rings. The first kappa shape index (κ1) is 10.8. The molecule has 10 heavy (non-hydrogen) atoms. The van der Waals surface area contributed by atoms with Crippen molar-refractivity contribution in [3.8, 4) is 0 Å². The summed E-state index contributed by atoms with van der Waals surface area (Å²) in [4.78, 5) is 0. The first-order valence-corrected chi connectivity index (χ1v) is 6.23. The van der Waals surface area contributed by atoms with Gasteiger partial charge in [0.15, 0.2) is 5.22 Å². The smallest absolute Gasteiger partial charge is 0.192 e. The third kappa shape index (κ3) is 3.88. The van der Waals surface area contributed by atoms with E-state index in [9.17, 15) is 0 Å². The van der Waals surface area contributed by atoms with Gasteiger partial charge in [0.25, 0.3) is 0 Å².